The van der Waals surface area contributed by atoms with Crippen LogP contribution in [0.15, 0.2) is 57.7 Å². The van der Waals surface area contributed by atoms with Crippen molar-refractivity contribution in [2.24, 2.45) is 0 Å². The van der Waals surface area contributed by atoms with Crippen LogP contribution in [0.5, 0.6) is 5.75 Å². The Morgan fingerprint density at radius 3 is 2.46 bits per heavy atom. The van der Waals surface area contributed by atoms with E-state index in [2.05, 4.69) is 0 Å². The van der Waals surface area contributed by atoms with E-state index in [1.54, 1.807) is 24.3 Å². The molecule has 1 atom stereocenters. The molecule has 0 amide bonds. The first-order chi connectivity index (χ1) is 13.3. The average molecular weight is 380 g/mol. The van der Waals surface area contributed by atoms with Gasteiger partial charge in [-0.25, -0.2) is 9.59 Å². The van der Waals surface area contributed by atoms with Gasteiger partial charge in [0.2, 0.25) is 5.78 Å². The largest absolute Gasteiger partial charge is 0.482 e. The normalized spacial score (nSPS) is 11.8. The maximum Gasteiger partial charge on any atom is 0.344 e. The SMILES string of the molecule is Cc1ccc(C(=O)[C@H](C)OC(=O)COc2ccc3c(C)cc(=O)oc3c2)cc1. The predicted molar refractivity (Wildman–Crippen MR) is 104 cm³/mol. The van der Waals surface area contributed by atoms with E-state index in [1.807, 2.05) is 26.0 Å². The molecule has 0 aliphatic heterocycles. The molecule has 0 N–H and O–H groups in total. The van der Waals surface area contributed by atoms with Gasteiger partial charge in [0.05, 0.1) is 0 Å². The highest BCUT2D eigenvalue weighted by Gasteiger charge is 2.19. The Morgan fingerprint density at radius 1 is 1.04 bits per heavy atom. The highest BCUT2D eigenvalue weighted by Crippen LogP contribution is 2.22. The third-order valence-electron chi connectivity index (χ3n) is 4.29. The third-order valence-corrected chi connectivity index (χ3v) is 4.29. The second-order valence-electron chi connectivity index (χ2n) is 6.56. The first-order valence-corrected chi connectivity index (χ1v) is 8.81. The summed E-state index contributed by atoms with van der Waals surface area (Å²) >= 11 is 0. The van der Waals surface area contributed by atoms with Crippen molar-refractivity contribution in [1.82, 2.24) is 0 Å². The number of ether oxygens (including phenoxy) is 2. The highest BCUT2D eigenvalue weighted by molar-refractivity contribution is 6.00. The van der Waals surface area contributed by atoms with Crippen LogP contribution < -0.4 is 10.4 Å². The van der Waals surface area contributed by atoms with Crippen LogP contribution in [-0.2, 0) is 9.53 Å². The number of carbonyl (C=O) groups excluding carboxylic acids is 2. The lowest BCUT2D eigenvalue weighted by atomic mass is 10.1. The van der Waals surface area contributed by atoms with Gasteiger partial charge < -0.3 is 13.9 Å². The van der Waals surface area contributed by atoms with Crippen molar-refractivity contribution in [1.29, 1.82) is 0 Å². The van der Waals surface area contributed by atoms with Crippen LogP contribution in [-0.4, -0.2) is 24.5 Å². The molecule has 0 fully saturated rings. The first-order valence-electron chi connectivity index (χ1n) is 8.81. The fraction of sp³-hybridized carbons (Fsp3) is 0.227. The lowest BCUT2D eigenvalue weighted by Crippen LogP contribution is -2.27. The van der Waals surface area contributed by atoms with Crippen LogP contribution in [0.1, 0.15) is 28.4 Å². The third kappa shape index (κ3) is 4.46. The smallest absolute Gasteiger partial charge is 0.344 e. The van der Waals surface area contributed by atoms with Gasteiger partial charge in [-0.3, -0.25) is 4.79 Å². The van der Waals surface area contributed by atoms with Gasteiger partial charge in [-0.05, 0) is 38.5 Å². The maximum atomic E-state index is 12.3. The minimum atomic E-state index is -0.920. The molecule has 1 aromatic heterocycles. The summed E-state index contributed by atoms with van der Waals surface area (Å²) in [5.41, 5.74) is 2.23. The standard InChI is InChI=1S/C22H20O6/c1-13-4-6-16(7-5-13)22(25)15(3)27-21(24)12-26-17-8-9-18-14(2)10-20(23)28-19(18)11-17/h4-11,15H,12H2,1-3H3/t15-/m0/s1. The van der Waals surface area contributed by atoms with E-state index in [4.69, 9.17) is 13.9 Å². The van der Waals surface area contributed by atoms with Crippen molar-refractivity contribution in [2.75, 3.05) is 6.61 Å². The van der Waals surface area contributed by atoms with Crippen LogP contribution >= 0.6 is 0 Å². The molecule has 144 valence electrons. The number of hydrogen-bond donors (Lipinski definition) is 0. The molecular formula is C22H20O6. The molecule has 0 bridgehead atoms. The molecule has 0 saturated heterocycles. The molecule has 0 spiro atoms. The zero-order chi connectivity index (χ0) is 20.3. The van der Waals surface area contributed by atoms with Crippen molar-refractivity contribution in [3.63, 3.8) is 0 Å². The Bertz CT molecular complexity index is 1080. The van der Waals surface area contributed by atoms with Gasteiger partial charge in [0.1, 0.15) is 11.3 Å². The fourth-order valence-electron chi connectivity index (χ4n) is 2.77. The zero-order valence-electron chi connectivity index (χ0n) is 15.9. The molecule has 28 heavy (non-hydrogen) atoms. The van der Waals surface area contributed by atoms with Gasteiger partial charge in [-0.1, -0.05) is 29.8 Å². The van der Waals surface area contributed by atoms with E-state index in [1.165, 1.54) is 19.1 Å². The average Bonchev–Trinajstić information content (AvgIpc) is 2.66. The predicted octanol–water partition coefficient (Wildman–Crippen LogP) is 3.60. The molecule has 3 aromatic rings. The number of fused-ring (bicyclic) bond motifs is 1. The van der Waals surface area contributed by atoms with Crippen molar-refractivity contribution in [3.8, 4) is 5.75 Å². The van der Waals surface area contributed by atoms with Gasteiger partial charge in [-0.2, -0.15) is 0 Å². The molecule has 0 saturated carbocycles. The molecule has 0 unspecified atom stereocenters. The number of Topliss-reactive ketones (excluding diaryl/α,β-unsaturated/α-hetero) is 1. The number of esters is 1. The number of aryl methyl sites for hydroxylation is 2. The quantitative estimate of drug-likeness (QED) is 0.369. The Hall–Kier alpha value is -3.41. The van der Waals surface area contributed by atoms with Crippen LogP contribution in [0, 0.1) is 13.8 Å². The minimum Gasteiger partial charge on any atom is -0.482 e. The summed E-state index contributed by atoms with van der Waals surface area (Å²) in [4.78, 5) is 35.8. The lowest BCUT2D eigenvalue weighted by molar-refractivity contribution is -0.148. The van der Waals surface area contributed by atoms with E-state index >= 15 is 0 Å². The lowest BCUT2D eigenvalue weighted by Gasteiger charge is -2.13. The van der Waals surface area contributed by atoms with Crippen molar-refractivity contribution in [2.45, 2.75) is 26.9 Å². The molecular weight excluding hydrogens is 360 g/mol. The summed E-state index contributed by atoms with van der Waals surface area (Å²) in [5.74, 6) is -0.592. The number of ketones is 1. The monoisotopic (exact) mass is 380 g/mol. The van der Waals surface area contributed by atoms with Crippen LogP contribution in [0.25, 0.3) is 11.0 Å². The van der Waals surface area contributed by atoms with E-state index in [9.17, 15) is 14.4 Å². The first kappa shape index (κ1) is 19.4. The maximum absolute atomic E-state index is 12.3. The molecule has 3 rings (SSSR count). The second kappa shape index (κ2) is 8.08. The van der Waals surface area contributed by atoms with Gasteiger partial charge in [0, 0.05) is 23.1 Å². The van der Waals surface area contributed by atoms with Gasteiger partial charge >= 0.3 is 11.6 Å². The Morgan fingerprint density at radius 2 is 1.75 bits per heavy atom. The van der Waals surface area contributed by atoms with Crippen molar-refractivity contribution >= 4 is 22.7 Å². The molecule has 0 radical (unpaired) electrons. The van der Waals surface area contributed by atoms with E-state index in [0.717, 1.165) is 16.5 Å². The molecule has 6 heteroatoms. The summed E-state index contributed by atoms with van der Waals surface area (Å²) in [6.07, 6.45) is -0.920. The van der Waals surface area contributed by atoms with Crippen molar-refractivity contribution in [3.05, 3.63) is 75.6 Å². The second-order valence-corrected chi connectivity index (χ2v) is 6.56. The Kier molecular flexibility index (Phi) is 5.59. The van der Waals surface area contributed by atoms with E-state index in [-0.39, 0.29) is 12.4 Å². The van der Waals surface area contributed by atoms with Crippen LogP contribution in [0.3, 0.4) is 0 Å². The molecule has 0 aliphatic carbocycles. The summed E-state index contributed by atoms with van der Waals surface area (Å²) < 4.78 is 15.7. The Balaban J connectivity index is 1.60. The van der Waals surface area contributed by atoms with Crippen LogP contribution in [0.2, 0.25) is 0 Å². The van der Waals surface area contributed by atoms with Crippen molar-refractivity contribution < 1.29 is 23.5 Å². The number of rotatable bonds is 6. The molecule has 2 aromatic carbocycles. The van der Waals surface area contributed by atoms with E-state index < -0.39 is 17.7 Å². The zero-order valence-corrected chi connectivity index (χ0v) is 15.9. The summed E-state index contributed by atoms with van der Waals surface area (Å²) in [5, 5.41) is 0.784. The van der Waals surface area contributed by atoms with Gasteiger partial charge in [0.25, 0.3) is 0 Å². The Labute approximate surface area is 161 Å². The fourth-order valence-corrected chi connectivity index (χ4v) is 2.77. The minimum absolute atomic E-state index is 0.281. The summed E-state index contributed by atoms with van der Waals surface area (Å²) in [6.45, 7) is 4.89. The van der Waals surface area contributed by atoms with Gasteiger partial charge in [-0.15, -0.1) is 0 Å². The van der Waals surface area contributed by atoms with E-state index in [0.29, 0.717) is 16.9 Å². The molecule has 6 nitrogen and oxygen atoms in total. The number of benzene rings is 2. The van der Waals surface area contributed by atoms with Crippen LogP contribution in [0.4, 0.5) is 0 Å². The molecule has 0 aliphatic rings. The molecule has 1 heterocycles. The topological polar surface area (TPSA) is 82.8 Å². The van der Waals surface area contributed by atoms with Gasteiger partial charge in [0.15, 0.2) is 12.7 Å². The summed E-state index contributed by atoms with van der Waals surface area (Å²) in [6, 6.07) is 13.4. The highest BCUT2D eigenvalue weighted by atomic mass is 16.6. The number of hydrogen-bond acceptors (Lipinski definition) is 6. The number of carbonyl (C=O) groups is 2. The summed E-state index contributed by atoms with van der Waals surface area (Å²) in [7, 11) is 0.